The molecule has 1 atom stereocenters. The Morgan fingerprint density at radius 1 is 1.62 bits per heavy atom. The van der Waals surface area contributed by atoms with Gasteiger partial charge < -0.3 is 15.1 Å². The molecule has 1 aromatic heterocycles. The predicted octanol–water partition coefficient (Wildman–Crippen LogP) is 1.43. The number of hydrogen-bond acceptors (Lipinski definition) is 3. The third-order valence-electron chi connectivity index (χ3n) is 2.78. The average Bonchev–Trinajstić information content (AvgIpc) is 2.90. The standard InChI is InChI=1S/C11H16N2O2.ClH/c14-11(10-3-6-15-8-10)13-5-2-9-1-4-12-7-9;/h3,6,8-9,12H,1-2,4-5,7H2,(H,13,14);1H. The number of halogens is 1. The summed E-state index contributed by atoms with van der Waals surface area (Å²) in [6, 6.07) is 1.67. The summed E-state index contributed by atoms with van der Waals surface area (Å²) in [6.07, 6.45) is 5.25. The Balaban J connectivity index is 0.00000128. The molecule has 16 heavy (non-hydrogen) atoms. The molecule has 0 saturated carbocycles. The van der Waals surface area contributed by atoms with E-state index >= 15 is 0 Å². The molecule has 0 bridgehead atoms. The SMILES string of the molecule is Cl.O=C(NCCC1CCNC1)c1ccoc1. The maximum Gasteiger partial charge on any atom is 0.254 e. The monoisotopic (exact) mass is 244 g/mol. The summed E-state index contributed by atoms with van der Waals surface area (Å²) in [5, 5.41) is 6.20. The van der Waals surface area contributed by atoms with E-state index in [0.717, 1.165) is 32.0 Å². The van der Waals surface area contributed by atoms with Crippen LogP contribution in [0.15, 0.2) is 23.0 Å². The van der Waals surface area contributed by atoms with E-state index in [-0.39, 0.29) is 18.3 Å². The third kappa shape index (κ3) is 3.54. The van der Waals surface area contributed by atoms with E-state index in [9.17, 15) is 4.79 Å². The molecule has 4 nitrogen and oxygen atoms in total. The van der Waals surface area contributed by atoms with Gasteiger partial charge in [-0.25, -0.2) is 0 Å². The van der Waals surface area contributed by atoms with Crippen molar-refractivity contribution in [3.63, 3.8) is 0 Å². The molecule has 1 fully saturated rings. The Labute approximate surface area is 101 Å². The topological polar surface area (TPSA) is 54.3 Å². The molecular weight excluding hydrogens is 228 g/mol. The number of furan rings is 1. The van der Waals surface area contributed by atoms with Crippen LogP contribution in [0.5, 0.6) is 0 Å². The van der Waals surface area contributed by atoms with Crippen LogP contribution in [0.3, 0.4) is 0 Å². The van der Waals surface area contributed by atoms with Crippen LogP contribution in [-0.2, 0) is 0 Å². The first kappa shape index (κ1) is 13.1. The van der Waals surface area contributed by atoms with Crippen LogP contribution < -0.4 is 10.6 Å². The van der Waals surface area contributed by atoms with Gasteiger partial charge in [0.2, 0.25) is 0 Å². The predicted molar refractivity (Wildman–Crippen MR) is 63.9 cm³/mol. The Morgan fingerprint density at radius 3 is 3.12 bits per heavy atom. The van der Waals surface area contributed by atoms with Crippen LogP contribution in [0.1, 0.15) is 23.2 Å². The molecule has 1 aromatic rings. The number of rotatable bonds is 4. The normalized spacial score (nSPS) is 19.1. The van der Waals surface area contributed by atoms with E-state index in [2.05, 4.69) is 10.6 Å². The highest BCUT2D eigenvalue weighted by Gasteiger charge is 2.14. The molecular formula is C11H17ClN2O2. The van der Waals surface area contributed by atoms with Crippen molar-refractivity contribution in [2.45, 2.75) is 12.8 Å². The second kappa shape index (κ2) is 6.55. The van der Waals surface area contributed by atoms with Crippen LogP contribution in [0, 0.1) is 5.92 Å². The summed E-state index contributed by atoms with van der Waals surface area (Å²) < 4.78 is 4.84. The molecule has 2 heterocycles. The van der Waals surface area contributed by atoms with Crippen molar-refractivity contribution >= 4 is 18.3 Å². The molecule has 0 radical (unpaired) electrons. The quantitative estimate of drug-likeness (QED) is 0.843. The van der Waals surface area contributed by atoms with E-state index in [0.29, 0.717) is 5.56 Å². The highest BCUT2D eigenvalue weighted by molar-refractivity contribution is 5.93. The molecule has 2 rings (SSSR count). The van der Waals surface area contributed by atoms with Crippen LogP contribution in [-0.4, -0.2) is 25.5 Å². The lowest BCUT2D eigenvalue weighted by atomic mass is 10.1. The van der Waals surface area contributed by atoms with Gasteiger partial charge in [0, 0.05) is 6.54 Å². The second-order valence-electron chi connectivity index (χ2n) is 3.92. The molecule has 0 aliphatic carbocycles. The third-order valence-corrected chi connectivity index (χ3v) is 2.78. The number of amides is 1. The van der Waals surface area contributed by atoms with Crippen molar-refractivity contribution in [3.8, 4) is 0 Å². The summed E-state index contributed by atoms with van der Waals surface area (Å²) in [5.41, 5.74) is 0.597. The summed E-state index contributed by atoms with van der Waals surface area (Å²) in [5.74, 6) is 0.671. The first-order valence-corrected chi connectivity index (χ1v) is 5.37. The molecule has 1 aliphatic heterocycles. The minimum absolute atomic E-state index is 0. The van der Waals surface area contributed by atoms with Crippen LogP contribution in [0.4, 0.5) is 0 Å². The van der Waals surface area contributed by atoms with Crippen LogP contribution >= 0.6 is 12.4 Å². The largest absolute Gasteiger partial charge is 0.472 e. The maximum atomic E-state index is 11.5. The van der Waals surface area contributed by atoms with E-state index in [1.165, 1.54) is 18.9 Å². The Morgan fingerprint density at radius 2 is 2.50 bits per heavy atom. The zero-order chi connectivity index (χ0) is 10.5. The van der Waals surface area contributed by atoms with Gasteiger partial charge in [-0.1, -0.05) is 0 Å². The van der Waals surface area contributed by atoms with E-state index in [1.807, 2.05) is 0 Å². The zero-order valence-corrected chi connectivity index (χ0v) is 9.89. The van der Waals surface area contributed by atoms with Gasteiger partial charge >= 0.3 is 0 Å². The van der Waals surface area contributed by atoms with Crippen molar-refractivity contribution in [3.05, 3.63) is 24.2 Å². The highest BCUT2D eigenvalue weighted by Crippen LogP contribution is 2.10. The Kier molecular flexibility index (Phi) is 5.35. The minimum atomic E-state index is -0.0466. The van der Waals surface area contributed by atoms with Gasteiger partial charge in [-0.2, -0.15) is 0 Å². The number of hydrogen-bond donors (Lipinski definition) is 2. The number of carbonyl (C=O) groups is 1. The lowest BCUT2D eigenvalue weighted by Gasteiger charge is -2.08. The fourth-order valence-corrected chi connectivity index (χ4v) is 1.85. The summed E-state index contributed by atoms with van der Waals surface area (Å²) in [6.45, 7) is 2.94. The lowest BCUT2D eigenvalue weighted by Crippen LogP contribution is -2.26. The molecule has 1 saturated heterocycles. The molecule has 1 amide bonds. The lowest BCUT2D eigenvalue weighted by molar-refractivity contribution is 0.0951. The highest BCUT2D eigenvalue weighted by atomic mass is 35.5. The Bertz CT molecular complexity index is 308. The molecule has 1 aliphatic rings. The van der Waals surface area contributed by atoms with Gasteiger partial charge in [0.25, 0.3) is 5.91 Å². The van der Waals surface area contributed by atoms with Gasteiger partial charge in [0.15, 0.2) is 0 Å². The summed E-state index contributed by atoms with van der Waals surface area (Å²) >= 11 is 0. The first-order valence-electron chi connectivity index (χ1n) is 5.37. The molecule has 0 aromatic carbocycles. The number of nitrogens with one attached hydrogen (secondary N) is 2. The smallest absolute Gasteiger partial charge is 0.254 e. The summed E-state index contributed by atoms with van der Waals surface area (Å²) in [4.78, 5) is 11.5. The van der Waals surface area contributed by atoms with Crippen molar-refractivity contribution in [2.75, 3.05) is 19.6 Å². The fraction of sp³-hybridized carbons (Fsp3) is 0.545. The van der Waals surface area contributed by atoms with Gasteiger partial charge in [-0.05, 0) is 37.9 Å². The van der Waals surface area contributed by atoms with Crippen molar-refractivity contribution in [1.29, 1.82) is 0 Å². The second-order valence-corrected chi connectivity index (χ2v) is 3.92. The van der Waals surface area contributed by atoms with Crippen LogP contribution in [0.25, 0.3) is 0 Å². The van der Waals surface area contributed by atoms with Gasteiger partial charge in [-0.15, -0.1) is 12.4 Å². The fourth-order valence-electron chi connectivity index (χ4n) is 1.85. The molecule has 2 N–H and O–H groups in total. The van der Waals surface area contributed by atoms with Crippen molar-refractivity contribution < 1.29 is 9.21 Å². The Hall–Kier alpha value is -1.00. The van der Waals surface area contributed by atoms with Gasteiger partial charge in [0.05, 0.1) is 11.8 Å². The summed E-state index contributed by atoms with van der Waals surface area (Å²) in [7, 11) is 0. The van der Waals surface area contributed by atoms with Crippen LogP contribution in [0.2, 0.25) is 0 Å². The first-order chi connectivity index (χ1) is 7.36. The van der Waals surface area contributed by atoms with E-state index in [1.54, 1.807) is 6.07 Å². The maximum absolute atomic E-state index is 11.5. The zero-order valence-electron chi connectivity index (χ0n) is 9.07. The molecule has 5 heteroatoms. The number of carbonyl (C=O) groups excluding carboxylic acids is 1. The van der Waals surface area contributed by atoms with Gasteiger partial charge in [-0.3, -0.25) is 4.79 Å². The average molecular weight is 245 g/mol. The van der Waals surface area contributed by atoms with Gasteiger partial charge in [0.1, 0.15) is 6.26 Å². The molecule has 1 unspecified atom stereocenters. The van der Waals surface area contributed by atoms with Crippen molar-refractivity contribution in [2.24, 2.45) is 5.92 Å². The van der Waals surface area contributed by atoms with E-state index < -0.39 is 0 Å². The van der Waals surface area contributed by atoms with E-state index in [4.69, 9.17) is 4.42 Å². The van der Waals surface area contributed by atoms with Crippen molar-refractivity contribution in [1.82, 2.24) is 10.6 Å². The minimum Gasteiger partial charge on any atom is -0.472 e. The molecule has 90 valence electrons. The molecule has 0 spiro atoms.